The molecule has 0 aliphatic carbocycles. The lowest BCUT2D eigenvalue weighted by Gasteiger charge is -2.07. The summed E-state index contributed by atoms with van der Waals surface area (Å²) >= 11 is 0. The zero-order valence-corrected chi connectivity index (χ0v) is 11.5. The third-order valence-corrected chi connectivity index (χ3v) is 3.80. The molecular formula is C13H13N3O3S. The van der Waals surface area contributed by atoms with Crippen LogP contribution in [-0.2, 0) is 14.8 Å². The van der Waals surface area contributed by atoms with Crippen molar-refractivity contribution in [3.05, 3.63) is 48.8 Å². The van der Waals surface area contributed by atoms with Gasteiger partial charge >= 0.3 is 0 Å². The summed E-state index contributed by atoms with van der Waals surface area (Å²) in [7, 11) is -3.75. The summed E-state index contributed by atoms with van der Waals surface area (Å²) in [5.74, 6) is -0.484. The summed E-state index contributed by atoms with van der Waals surface area (Å²) in [4.78, 5) is 16.7. The van der Waals surface area contributed by atoms with Crippen molar-refractivity contribution in [2.45, 2.75) is 11.8 Å². The average molecular weight is 291 g/mol. The van der Waals surface area contributed by atoms with E-state index in [1.54, 1.807) is 24.5 Å². The molecule has 0 saturated carbocycles. The molecule has 0 aliphatic rings. The number of nitrogens with one attached hydrogen (secondary N) is 2. The second kappa shape index (κ2) is 5.81. The van der Waals surface area contributed by atoms with Crippen LogP contribution in [0.5, 0.6) is 0 Å². The number of aromatic nitrogens is 1. The van der Waals surface area contributed by atoms with Crippen molar-refractivity contribution in [3.63, 3.8) is 0 Å². The summed E-state index contributed by atoms with van der Waals surface area (Å²) in [5.41, 5.74) is 3.87. The van der Waals surface area contributed by atoms with Crippen molar-refractivity contribution >= 4 is 15.9 Å². The maximum atomic E-state index is 11.8. The molecule has 104 valence electrons. The van der Waals surface area contributed by atoms with Crippen LogP contribution in [-0.4, -0.2) is 19.3 Å². The second-order valence-electron chi connectivity index (χ2n) is 4.05. The minimum atomic E-state index is -3.75. The molecule has 0 spiro atoms. The Morgan fingerprint density at radius 1 is 1.00 bits per heavy atom. The van der Waals surface area contributed by atoms with Gasteiger partial charge in [0.15, 0.2) is 0 Å². The number of hydrazine groups is 1. The molecule has 6 nitrogen and oxygen atoms in total. The first-order valence-corrected chi connectivity index (χ1v) is 7.26. The van der Waals surface area contributed by atoms with Crippen LogP contribution in [0.2, 0.25) is 0 Å². The summed E-state index contributed by atoms with van der Waals surface area (Å²) in [6.07, 6.45) is 3.33. The zero-order valence-electron chi connectivity index (χ0n) is 10.7. The van der Waals surface area contributed by atoms with Crippen LogP contribution >= 0.6 is 0 Å². The Kier molecular flexibility index (Phi) is 4.11. The SMILES string of the molecule is CC(=O)NNS(=O)(=O)c1ccc(-c2ccncc2)cc1. The Balaban J connectivity index is 2.22. The number of benzene rings is 1. The van der Waals surface area contributed by atoms with Gasteiger partial charge in [-0.25, -0.2) is 8.42 Å². The van der Waals surface area contributed by atoms with Crippen LogP contribution in [0.4, 0.5) is 0 Å². The van der Waals surface area contributed by atoms with E-state index in [9.17, 15) is 13.2 Å². The van der Waals surface area contributed by atoms with Gasteiger partial charge in [-0.05, 0) is 35.4 Å². The minimum Gasteiger partial charge on any atom is -0.278 e. The van der Waals surface area contributed by atoms with Crippen LogP contribution in [0.3, 0.4) is 0 Å². The number of hydrogen-bond acceptors (Lipinski definition) is 4. The van der Waals surface area contributed by atoms with Crippen LogP contribution in [0.15, 0.2) is 53.7 Å². The first-order chi connectivity index (χ1) is 9.49. The van der Waals surface area contributed by atoms with E-state index in [0.717, 1.165) is 11.1 Å². The minimum absolute atomic E-state index is 0.0732. The highest BCUT2D eigenvalue weighted by Gasteiger charge is 2.13. The monoisotopic (exact) mass is 291 g/mol. The largest absolute Gasteiger partial charge is 0.278 e. The van der Waals surface area contributed by atoms with Crippen molar-refractivity contribution < 1.29 is 13.2 Å². The zero-order chi connectivity index (χ0) is 14.6. The fourth-order valence-electron chi connectivity index (χ4n) is 1.57. The van der Waals surface area contributed by atoms with E-state index in [2.05, 4.69) is 4.98 Å². The normalized spacial score (nSPS) is 11.1. The maximum absolute atomic E-state index is 11.8. The van der Waals surface area contributed by atoms with Crippen molar-refractivity contribution in [1.29, 1.82) is 0 Å². The molecule has 0 saturated heterocycles. The van der Waals surface area contributed by atoms with E-state index in [1.165, 1.54) is 19.1 Å². The molecular weight excluding hydrogens is 278 g/mol. The van der Waals surface area contributed by atoms with E-state index in [0.29, 0.717) is 0 Å². The van der Waals surface area contributed by atoms with Gasteiger partial charge in [-0.3, -0.25) is 15.2 Å². The van der Waals surface area contributed by atoms with Gasteiger partial charge in [0.2, 0.25) is 5.91 Å². The van der Waals surface area contributed by atoms with Gasteiger partial charge in [0, 0.05) is 19.3 Å². The Bertz CT molecular complexity index is 697. The number of sulfonamides is 1. The standard InChI is InChI=1S/C13H13N3O3S/c1-10(17)15-16-20(18,19)13-4-2-11(3-5-13)12-6-8-14-9-7-12/h2-9,16H,1H3,(H,15,17). The number of pyridine rings is 1. The van der Waals surface area contributed by atoms with Crippen molar-refractivity contribution in [2.75, 3.05) is 0 Å². The fourth-order valence-corrected chi connectivity index (χ4v) is 2.46. The Hall–Kier alpha value is -2.25. The van der Waals surface area contributed by atoms with Gasteiger partial charge in [0.1, 0.15) is 0 Å². The lowest BCUT2D eigenvalue weighted by atomic mass is 10.1. The highest BCUT2D eigenvalue weighted by atomic mass is 32.2. The molecule has 1 aromatic carbocycles. The van der Waals surface area contributed by atoms with Crippen molar-refractivity contribution in [2.24, 2.45) is 0 Å². The number of nitrogens with zero attached hydrogens (tertiary/aromatic N) is 1. The van der Waals surface area contributed by atoms with Crippen LogP contribution in [0.25, 0.3) is 11.1 Å². The molecule has 0 aliphatic heterocycles. The third-order valence-electron chi connectivity index (χ3n) is 2.54. The van der Waals surface area contributed by atoms with Crippen LogP contribution in [0.1, 0.15) is 6.92 Å². The molecule has 2 N–H and O–H groups in total. The van der Waals surface area contributed by atoms with E-state index in [-0.39, 0.29) is 4.90 Å². The Morgan fingerprint density at radius 2 is 1.55 bits per heavy atom. The maximum Gasteiger partial charge on any atom is 0.257 e. The van der Waals surface area contributed by atoms with E-state index >= 15 is 0 Å². The van der Waals surface area contributed by atoms with Gasteiger partial charge in [0.05, 0.1) is 4.90 Å². The van der Waals surface area contributed by atoms with Gasteiger partial charge < -0.3 is 0 Å². The molecule has 1 heterocycles. The Morgan fingerprint density at radius 3 is 2.10 bits per heavy atom. The number of carbonyl (C=O) groups is 1. The van der Waals surface area contributed by atoms with Crippen LogP contribution < -0.4 is 10.3 Å². The number of carbonyl (C=O) groups excluding carboxylic acids is 1. The average Bonchev–Trinajstić information content (AvgIpc) is 2.46. The molecule has 0 atom stereocenters. The molecule has 20 heavy (non-hydrogen) atoms. The molecule has 0 fully saturated rings. The molecule has 1 amide bonds. The first-order valence-electron chi connectivity index (χ1n) is 5.78. The number of hydrogen-bond donors (Lipinski definition) is 2. The highest BCUT2D eigenvalue weighted by molar-refractivity contribution is 7.89. The quantitative estimate of drug-likeness (QED) is 0.825. The molecule has 0 radical (unpaired) electrons. The predicted octanol–water partition coefficient (Wildman–Crippen LogP) is 1.08. The smallest absolute Gasteiger partial charge is 0.257 e. The molecule has 7 heteroatoms. The number of amides is 1. The van der Waals surface area contributed by atoms with E-state index in [1.807, 2.05) is 22.4 Å². The lowest BCUT2D eigenvalue weighted by Crippen LogP contribution is -2.40. The summed E-state index contributed by atoms with van der Waals surface area (Å²) in [6.45, 7) is 1.22. The van der Waals surface area contributed by atoms with Gasteiger partial charge in [-0.1, -0.05) is 12.1 Å². The second-order valence-corrected chi connectivity index (χ2v) is 5.73. The third kappa shape index (κ3) is 3.40. The van der Waals surface area contributed by atoms with E-state index in [4.69, 9.17) is 0 Å². The van der Waals surface area contributed by atoms with Crippen LogP contribution in [0, 0.1) is 0 Å². The molecule has 0 bridgehead atoms. The van der Waals surface area contributed by atoms with Gasteiger partial charge in [-0.15, -0.1) is 4.83 Å². The Labute approximate surface area is 116 Å². The van der Waals surface area contributed by atoms with Gasteiger partial charge in [-0.2, -0.15) is 0 Å². The van der Waals surface area contributed by atoms with Crippen molar-refractivity contribution in [1.82, 2.24) is 15.2 Å². The summed E-state index contributed by atoms with van der Waals surface area (Å²) in [6, 6.07) is 9.99. The summed E-state index contributed by atoms with van der Waals surface area (Å²) in [5, 5.41) is 0. The number of rotatable bonds is 4. The molecule has 2 rings (SSSR count). The highest BCUT2D eigenvalue weighted by Crippen LogP contribution is 2.20. The molecule has 2 aromatic rings. The fraction of sp³-hybridized carbons (Fsp3) is 0.0769. The molecule has 0 unspecified atom stereocenters. The van der Waals surface area contributed by atoms with Crippen molar-refractivity contribution in [3.8, 4) is 11.1 Å². The predicted molar refractivity (Wildman–Crippen MR) is 73.8 cm³/mol. The van der Waals surface area contributed by atoms with Gasteiger partial charge in [0.25, 0.3) is 10.0 Å². The topological polar surface area (TPSA) is 88.2 Å². The summed E-state index contributed by atoms with van der Waals surface area (Å²) < 4.78 is 23.7. The molecule has 1 aromatic heterocycles. The lowest BCUT2D eigenvalue weighted by molar-refractivity contribution is -0.119. The first kappa shape index (κ1) is 14.2. The van der Waals surface area contributed by atoms with E-state index < -0.39 is 15.9 Å².